The van der Waals surface area contributed by atoms with Crippen molar-refractivity contribution in [2.75, 3.05) is 12.4 Å². The van der Waals surface area contributed by atoms with Gasteiger partial charge in [-0.1, -0.05) is 55.3 Å². The Labute approximate surface area is 203 Å². The van der Waals surface area contributed by atoms with Crippen molar-refractivity contribution in [2.45, 2.75) is 54.7 Å². The Morgan fingerprint density at radius 2 is 1.85 bits per heavy atom. The maximum atomic E-state index is 13.4. The number of benzene rings is 2. The van der Waals surface area contributed by atoms with Crippen LogP contribution in [0.4, 0.5) is 5.69 Å². The highest BCUT2D eigenvalue weighted by molar-refractivity contribution is 8.16. The molecule has 0 spiro atoms. The van der Waals surface area contributed by atoms with E-state index >= 15 is 0 Å². The molecule has 0 radical (unpaired) electrons. The SMILES string of the molecule is COc1cccc(NC(=O)C[C@@H]2SC(=NS(=O)(=O)c3ccccc3)N(C3CCCCC3)C2=O)c1. The maximum Gasteiger partial charge on any atom is 0.284 e. The minimum absolute atomic E-state index is 0.0679. The van der Waals surface area contributed by atoms with Gasteiger partial charge in [0.25, 0.3) is 10.0 Å². The predicted octanol–water partition coefficient (Wildman–Crippen LogP) is 4.05. The molecule has 8 nitrogen and oxygen atoms in total. The molecule has 0 unspecified atom stereocenters. The highest BCUT2D eigenvalue weighted by Gasteiger charge is 2.43. The molecule has 1 N–H and O–H groups in total. The van der Waals surface area contributed by atoms with E-state index in [2.05, 4.69) is 9.71 Å². The van der Waals surface area contributed by atoms with E-state index in [-0.39, 0.29) is 34.3 Å². The van der Waals surface area contributed by atoms with Gasteiger partial charge in [0, 0.05) is 24.2 Å². The Bertz CT molecular complexity index is 1180. The van der Waals surface area contributed by atoms with E-state index in [4.69, 9.17) is 4.74 Å². The van der Waals surface area contributed by atoms with E-state index in [0.29, 0.717) is 11.4 Å². The number of sulfonamides is 1. The topological polar surface area (TPSA) is 105 Å². The van der Waals surface area contributed by atoms with Gasteiger partial charge in [0.1, 0.15) is 11.0 Å². The summed E-state index contributed by atoms with van der Waals surface area (Å²) in [5, 5.41) is 2.20. The zero-order chi connectivity index (χ0) is 24.1. The summed E-state index contributed by atoms with van der Waals surface area (Å²) in [5.41, 5.74) is 0.560. The average molecular weight is 502 g/mol. The lowest BCUT2D eigenvalue weighted by molar-refractivity contribution is -0.130. The van der Waals surface area contributed by atoms with Gasteiger partial charge < -0.3 is 10.1 Å². The Morgan fingerprint density at radius 1 is 1.12 bits per heavy atom. The highest BCUT2D eigenvalue weighted by atomic mass is 32.2. The summed E-state index contributed by atoms with van der Waals surface area (Å²) < 4.78 is 35.1. The molecule has 2 aromatic carbocycles. The average Bonchev–Trinajstić information content (AvgIpc) is 3.13. The van der Waals surface area contributed by atoms with Crippen molar-refractivity contribution < 1.29 is 22.7 Å². The number of rotatable bonds is 7. The van der Waals surface area contributed by atoms with Crippen LogP contribution in [0.15, 0.2) is 63.9 Å². The molecular formula is C24H27N3O5S2. The summed E-state index contributed by atoms with van der Waals surface area (Å²) in [6.45, 7) is 0. The van der Waals surface area contributed by atoms with Crippen LogP contribution in [0.5, 0.6) is 5.75 Å². The standard InChI is InChI=1S/C24H27N3O5S2/c1-32-19-12-8-9-17(15-19)25-22(28)16-21-23(29)27(18-10-4-2-5-11-18)24(33-21)26-34(30,31)20-13-6-3-7-14-20/h3,6-9,12-15,18,21H,2,4-5,10-11,16H2,1H3,(H,25,28)/t21-/m0/s1. The van der Waals surface area contributed by atoms with Gasteiger partial charge >= 0.3 is 0 Å². The second-order valence-electron chi connectivity index (χ2n) is 8.25. The lowest BCUT2D eigenvalue weighted by Crippen LogP contribution is -2.42. The largest absolute Gasteiger partial charge is 0.497 e. The quantitative estimate of drug-likeness (QED) is 0.614. The molecule has 1 aliphatic carbocycles. The van der Waals surface area contributed by atoms with E-state index < -0.39 is 15.3 Å². The minimum atomic E-state index is -3.99. The number of amides is 2. The van der Waals surface area contributed by atoms with Crippen LogP contribution in [0.2, 0.25) is 0 Å². The second kappa shape index (κ2) is 10.6. The molecule has 180 valence electrons. The number of amidine groups is 1. The first kappa shape index (κ1) is 24.3. The van der Waals surface area contributed by atoms with E-state index in [0.717, 1.165) is 43.9 Å². The number of hydrogen-bond acceptors (Lipinski definition) is 6. The van der Waals surface area contributed by atoms with Gasteiger partial charge in [-0.05, 0) is 37.1 Å². The van der Waals surface area contributed by atoms with Crippen molar-refractivity contribution >= 4 is 44.5 Å². The molecule has 4 rings (SSSR count). The van der Waals surface area contributed by atoms with Crippen molar-refractivity contribution in [3.05, 3.63) is 54.6 Å². The van der Waals surface area contributed by atoms with E-state index in [9.17, 15) is 18.0 Å². The maximum absolute atomic E-state index is 13.4. The minimum Gasteiger partial charge on any atom is -0.497 e. The van der Waals surface area contributed by atoms with E-state index in [1.54, 1.807) is 49.6 Å². The van der Waals surface area contributed by atoms with Gasteiger partial charge in [0.2, 0.25) is 11.8 Å². The number of hydrogen-bond donors (Lipinski definition) is 1. The number of anilines is 1. The predicted molar refractivity (Wildman–Crippen MR) is 132 cm³/mol. The van der Waals surface area contributed by atoms with E-state index in [1.807, 2.05) is 0 Å². The molecule has 2 amide bonds. The number of carbonyl (C=O) groups is 2. The van der Waals surface area contributed by atoms with Crippen molar-refractivity contribution in [2.24, 2.45) is 4.40 Å². The lowest BCUT2D eigenvalue weighted by atomic mass is 9.94. The first-order valence-corrected chi connectivity index (χ1v) is 13.5. The molecule has 1 aliphatic heterocycles. The highest BCUT2D eigenvalue weighted by Crippen LogP contribution is 2.36. The smallest absolute Gasteiger partial charge is 0.284 e. The fraction of sp³-hybridized carbons (Fsp3) is 0.375. The first-order chi connectivity index (χ1) is 16.4. The Hall–Kier alpha value is -2.85. The van der Waals surface area contributed by atoms with Gasteiger partial charge in [-0.2, -0.15) is 8.42 Å². The molecule has 1 saturated carbocycles. The Morgan fingerprint density at radius 3 is 2.56 bits per heavy atom. The van der Waals surface area contributed by atoms with Gasteiger partial charge in [0.15, 0.2) is 5.17 Å². The summed E-state index contributed by atoms with van der Waals surface area (Å²) in [6.07, 6.45) is 4.53. The fourth-order valence-corrected chi connectivity index (χ4v) is 6.61. The summed E-state index contributed by atoms with van der Waals surface area (Å²) in [4.78, 5) is 27.7. The monoisotopic (exact) mass is 501 g/mol. The van der Waals surface area contributed by atoms with Crippen LogP contribution in [0.1, 0.15) is 38.5 Å². The summed E-state index contributed by atoms with van der Waals surface area (Å²) in [7, 11) is -2.45. The molecule has 1 saturated heterocycles. The Kier molecular flexibility index (Phi) is 7.57. The number of nitrogens with zero attached hydrogens (tertiary/aromatic N) is 2. The molecule has 0 bridgehead atoms. The van der Waals surface area contributed by atoms with Crippen molar-refractivity contribution in [1.82, 2.24) is 4.90 Å². The number of nitrogens with one attached hydrogen (secondary N) is 1. The second-order valence-corrected chi connectivity index (χ2v) is 11.0. The zero-order valence-electron chi connectivity index (χ0n) is 18.8. The van der Waals surface area contributed by atoms with E-state index in [1.165, 1.54) is 17.0 Å². The number of carbonyl (C=O) groups excluding carboxylic acids is 2. The molecule has 1 atom stereocenters. The van der Waals surface area contributed by atoms with Crippen LogP contribution in [0.3, 0.4) is 0 Å². The third-order valence-corrected chi connectivity index (χ3v) is 8.42. The lowest BCUT2D eigenvalue weighted by Gasteiger charge is -2.30. The molecular weight excluding hydrogens is 474 g/mol. The summed E-state index contributed by atoms with van der Waals surface area (Å²) in [5.74, 6) is 0.00250. The summed E-state index contributed by atoms with van der Waals surface area (Å²) >= 11 is 1.05. The Balaban J connectivity index is 1.56. The molecule has 1 heterocycles. The fourth-order valence-electron chi connectivity index (χ4n) is 4.18. The third-order valence-electron chi connectivity index (χ3n) is 5.87. The van der Waals surface area contributed by atoms with Crippen molar-refractivity contribution in [1.29, 1.82) is 0 Å². The zero-order valence-corrected chi connectivity index (χ0v) is 20.5. The first-order valence-electron chi connectivity index (χ1n) is 11.2. The molecule has 2 fully saturated rings. The summed E-state index contributed by atoms with van der Waals surface area (Å²) in [6, 6.07) is 14.8. The molecule has 34 heavy (non-hydrogen) atoms. The molecule has 0 aromatic heterocycles. The van der Waals surface area contributed by atoms with Crippen LogP contribution >= 0.6 is 11.8 Å². The molecule has 2 aromatic rings. The molecule has 2 aliphatic rings. The third kappa shape index (κ3) is 5.61. The van der Waals surface area contributed by atoms with Crippen molar-refractivity contribution in [3.8, 4) is 5.75 Å². The molecule has 10 heteroatoms. The number of ether oxygens (including phenoxy) is 1. The van der Waals surface area contributed by atoms with Gasteiger partial charge in [-0.25, -0.2) is 0 Å². The van der Waals surface area contributed by atoms with Crippen LogP contribution in [0.25, 0.3) is 0 Å². The number of thioether (sulfide) groups is 1. The van der Waals surface area contributed by atoms with Gasteiger partial charge in [-0.15, -0.1) is 4.40 Å². The van der Waals surface area contributed by atoms with Crippen LogP contribution in [-0.2, 0) is 19.6 Å². The normalized spacial score (nSPS) is 20.5. The van der Waals surface area contributed by atoms with Gasteiger partial charge in [0.05, 0.1) is 12.0 Å². The van der Waals surface area contributed by atoms with Crippen LogP contribution in [0, 0.1) is 0 Å². The van der Waals surface area contributed by atoms with Gasteiger partial charge in [-0.3, -0.25) is 14.5 Å². The van der Waals surface area contributed by atoms with Crippen molar-refractivity contribution in [3.63, 3.8) is 0 Å². The van der Waals surface area contributed by atoms with Crippen LogP contribution in [-0.4, -0.2) is 48.7 Å². The number of methoxy groups -OCH3 is 1. The van der Waals surface area contributed by atoms with Crippen LogP contribution < -0.4 is 10.1 Å².